The molecule has 0 aliphatic carbocycles. The molecule has 0 bridgehead atoms. The van der Waals surface area contributed by atoms with E-state index in [2.05, 4.69) is 217 Å². The van der Waals surface area contributed by atoms with Crippen LogP contribution in [0.2, 0.25) is 0 Å². The van der Waals surface area contributed by atoms with Gasteiger partial charge in [0.25, 0.3) is 0 Å². The molecule has 0 N–H and O–H groups in total. The van der Waals surface area contributed by atoms with Gasteiger partial charge in [0.15, 0.2) is 0 Å². The minimum Gasteiger partial charge on any atom is -0.399 e. The molecule has 400 valence electrons. The average Bonchev–Trinajstić information content (AvgIpc) is 3.73. The Morgan fingerprint density at radius 2 is 0.573 bits per heavy atom. The number of hydrogen-bond donors (Lipinski definition) is 0. The van der Waals surface area contributed by atoms with Crippen molar-refractivity contribution in [2.24, 2.45) is 0 Å². The summed E-state index contributed by atoms with van der Waals surface area (Å²) >= 11 is 0. The van der Waals surface area contributed by atoms with Crippen molar-refractivity contribution >= 4 is 12.6 Å². The predicted octanol–water partition coefficient (Wildman–Crippen LogP) is 19.5. The Morgan fingerprint density at radius 1 is 0.268 bits per heavy atom. The molecule has 1 fully saturated rings. The van der Waals surface area contributed by atoms with Crippen molar-refractivity contribution in [3.05, 3.63) is 321 Å². The molecule has 0 unspecified atom stereocenters. The second kappa shape index (κ2) is 26.6. The highest BCUT2D eigenvalue weighted by molar-refractivity contribution is 6.62. The van der Waals surface area contributed by atoms with Gasteiger partial charge in [-0.3, -0.25) is 9.97 Å². The summed E-state index contributed by atoms with van der Waals surface area (Å²) in [4.78, 5) is 9.97. The summed E-state index contributed by atoms with van der Waals surface area (Å²) in [6.07, 6.45) is 4.03. The average molecular weight is 1060 g/mol. The van der Waals surface area contributed by atoms with Crippen molar-refractivity contribution in [1.82, 2.24) is 9.97 Å². The lowest BCUT2D eigenvalue weighted by atomic mass is 9.75. The van der Waals surface area contributed by atoms with Gasteiger partial charge >= 0.3 is 7.12 Å². The summed E-state index contributed by atoms with van der Waals surface area (Å²) in [6.45, 7) is 10.6. The topological polar surface area (TPSA) is 44.2 Å². The van der Waals surface area contributed by atoms with Gasteiger partial charge in [0.2, 0.25) is 0 Å². The van der Waals surface area contributed by atoms with E-state index in [0.717, 1.165) is 89.2 Å². The first kappa shape index (κ1) is 55.8. The lowest BCUT2D eigenvalue weighted by Gasteiger charge is -2.32. The van der Waals surface area contributed by atoms with E-state index in [9.17, 15) is 0 Å². The van der Waals surface area contributed by atoms with Crippen LogP contribution in [0.15, 0.2) is 316 Å². The zero-order chi connectivity index (χ0) is 56.6. The van der Waals surface area contributed by atoms with Crippen LogP contribution in [0.5, 0.6) is 0 Å². The van der Waals surface area contributed by atoms with Crippen LogP contribution in [-0.4, -0.2) is 28.3 Å². The zero-order valence-corrected chi connectivity index (χ0v) is 47.3. The first-order valence-electron chi connectivity index (χ1n) is 28.1. The standard InChI is InChI=1S/C59H49BN2O2.3C6H6/c1-40-33-56(61-38-54(40)42-21-11-7-12-22-42)45-31-29-43(30-32-45)49-25-15-16-26-50(49)46-34-47(36-48(35-46)60-63-58(2,3)59(4,5)64-60)51-27-17-18-28-52(51)55-39-62-57(44-23-13-8-14-24-44)37-53(55)41-19-9-6-10-20-41;3*1-2-4-6-5-3-1/h6-39H,1-5H3;3*1-6H. The molecule has 2 aromatic heterocycles. The number of aromatic nitrogens is 2. The molecule has 4 nitrogen and oxygen atoms in total. The molecule has 0 atom stereocenters. The Labute approximate surface area is 485 Å². The number of rotatable bonds is 9. The fraction of sp³-hybridized carbons (Fsp3) is 0.0909. The van der Waals surface area contributed by atoms with Gasteiger partial charge < -0.3 is 9.31 Å². The lowest BCUT2D eigenvalue weighted by Crippen LogP contribution is -2.41. The number of aryl methyl sites for hydroxylation is 1. The van der Waals surface area contributed by atoms with Crippen LogP contribution in [-0.2, 0) is 9.31 Å². The molecular formula is C77H67BN2O2. The van der Waals surface area contributed by atoms with E-state index in [1.807, 2.05) is 134 Å². The highest BCUT2D eigenvalue weighted by Crippen LogP contribution is 2.43. The van der Waals surface area contributed by atoms with Crippen molar-refractivity contribution in [3.63, 3.8) is 0 Å². The van der Waals surface area contributed by atoms with Crippen molar-refractivity contribution < 1.29 is 9.31 Å². The largest absolute Gasteiger partial charge is 0.494 e. The second-order valence-corrected chi connectivity index (χ2v) is 21.2. The van der Waals surface area contributed by atoms with E-state index in [1.54, 1.807) is 0 Å². The quantitative estimate of drug-likeness (QED) is 0.135. The van der Waals surface area contributed by atoms with Crippen molar-refractivity contribution in [2.75, 3.05) is 0 Å². The molecule has 12 aromatic rings. The van der Waals surface area contributed by atoms with E-state index in [1.165, 1.54) is 11.1 Å². The summed E-state index contributed by atoms with van der Waals surface area (Å²) in [5, 5.41) is 0. The Bertz CT molecular complexity index is 3740. The molecule has 3 heterocycles. The SMILES string of the molecule is Cc1cc(-c2ccc(-c3ccccc3-c3cc(B4OC(C)(C)C(C)(C)O4)cc(-c4ccccc4-c4cnc(-c5ccccc5)cc4-c4ccccc4)c3)cc2)ncc1-c1ccccc1.c1ccccc1.c1ccccc1.c1ccccc1. The first-order chi connectivity index (χ1) is 40.1. The fourth-order valence-electron chi connectivity index (χ4n) is 9.94. The predicted molar refractivity (Wildman–Crippen MR) is 345 cm³/mol. The van der Waals surface area contributed by atoms with Crippen LogP contribution in [0.3, 0.4) is 0 Å². The van der Waals surface area contributed by atoms with Gasteiger partial charge in [-0.15, -0.1) is 0 Å². The van der Waals surface area contributed by atoms with Crippen LogP contribution < -0.4 is 5.46 Å². The van der Waals surface area contributed by atoms with Gasteiger partial charge in [0.05, 0.1) is 22.6 Å². The normalized spacial score (nSPS) is 12.8. The monoisotopic (exact) mass is 1060 g/mol. The number of benzene rings is 10. The minimum absolute atomic E-state index is 0.503. The van der Waals surface area contributed by atoms with Gasteiger partial charge in [-0.25, -0.2) is 0 Å². The molecule has 1 aliphatic heterocycles. The second-order valence-electron chi connectivity index (χ2n) is 21.2. The number of pyridine rings is 2. The Hall–Kier alpha value is -9.52. The van der Waals surface area contributed by atoms with E-state index in [0.29, 0.717) is 0 Å². The number of nitrogens with zero attached hydrogens (tertiary/aromatic N) is 2. The van der Waals surface area contributed by atoms with Crippen LogP contribution >= 0.6 is 0 Å². The third kappa shape index (κ3) is 13.7. The summed E-state index contributed by atoms with van der Waals surface area (Å²) < 4.78 is 13.5. The highest BCUT2D eigenvalue weighted by atomic mass is 16.7. The van der Waals surface area contributed by atoms with Crippen molar-refractivity contribution in [3.8, 4) is 89.3 Å². The zero-order valence-electron chi connectivity index (χ0n) is 47.3. The summed E-state index contributed by atoms with van der Waals surface area (Å²) in [5.74, 6) is 0. The van der Waals surface area contributed by atoms with Gasteiger partial charge in [-0.1, -0.05) is 285 Å². The fourth-order valence-corrected chi connectivity index (χ4v) is 9.94. The maximum atomic E-state index is 6.75. The molecule has 0 radical (unpaired) electrons. The van der Waals surface area contributed by atoms with Crippen molar-refractivity contribution in [2.45, 2.75) is 45.8 Å². The van der Waals surface area contributed by atoms with Crippen LogP contribution in [0.1, 0.15) is 33.3 Å². The van der Waals surface area contributed by atoms with E-state index >= 15 is 0 Å². The molecule has 5 heteroatoms. The van der Waals surface area contributed by atoms with E-state index < -0.39 is 18.3 Å². The number of hydrogen-bond acceptors (Lipinski definition) is 4. The summed E-state index contributed by atoms with van der Waals surface area (Å²) in [6, 6.07) is 105. The molecular weight excluding hydrogens is 996 g/mol. The Balaban J connectivity index is 0.000000355. The molecule has 1 saturated heterocycles. The Kier molecular flexibility index (Phi) is 18.1. The van der Waals surface area contributed by atoms with Gasteiger partial charge in [0, 0.05) is 34.6 Å². The van der Waals surface area contributed by atoms with Crippen LogP contribution in [0, 0.1) is 6.92 Å². The van der Waals surface area contributed by atoms with Crippen LogP contribution in [0.4, 0.5) is 0 Å². The van der Waals surface area contributed by atoms with E-state index in [-0.39, 0.29) is 0 Å². The maximum Gasteiger partial charge on any atom is 0.494 e. The minimum atomic E-state index is -0.557. The molecule has 13 rings (SSSR count). The van der Waals surface area contributed by atoms with Crippen LogP contribution in [0.25, 0.3) is 89.3 Å². The van der Waals surface area contributed by atoms with E-state index in [4.69, 9.17) is 19.3 Å². The van der Waals surface area contributed by atoms with Gasteiger partial charge in [-0.2, -0.15) is 0 Å². The molecule has 0 amide bonds. The third-order valence-electron chi connectivity index (χ3n) is 15.0. The smallest absolute Gasteiger partial charge is 0.399 e. The van der Waals surface area contributed by atoms with Gasteiger partial charge in [0.1, 0.15) is 0 Å². The maximum absolute atomic E-state index is 6.75. The first-order valence-corrected chi connectivity index (χ1v) is 28.1. The molecule has 82 heavy (non-hydrogen) atoms. The summed E-state index contributed by atoms with van der Waals surface area (Å²) in [5.41, 5.74) is 18.5. The summed E-state index contributed by atoms with van der Waals surface area (Å²) in [7, 11) is -0.557. The highest BCUT2D eigenvalue weighted by Gasteiger charge is 2.52. The third-order valence-corrected chi connectivity index (χ3v) is 15.0. The molecule has 10 aromatic carbocycles. The van der Waals surface area contributed by atoms with Gasteiger partial charge in [-0.05, 0) is 119 Å². The molecule has 0 saturated carbocycles. The van der Waals surface area contributed by atoms with Crippen molar-refractivity contribution in [1.29, 1.82) is 0 Å². The lowest BCUT2D eigenvalue weighted by molar-refractivity contribution is 0.00578. The molecule has 0 spiro atoms. The molecule has 1 aliphatic rings. The Morgan fingerprint density at radius 3 is 1.01 bits per heavy atom.